The van der Waals surface area contributed by atoms with Crippen LogP contribution < -0.4 is 4.90 Å². The van der Waals surface area contributed by atoms with Crippen molar-refractivity contribution in [2.24, 2.45) is 0 Å². The molecular weight excluding hydrogens is 232 g/mol. The fourth-order valence-corrected chi connectivity index (χ4v) is 2.01. The van der Waals surface area contributed by atoms with Crippen LogP contribution in [0, 0.1) is 0 Å². The summed E-state index contributed by atoms with van der Waals surface area (Å²) in [4.78, 5) is 2.11. The van der Waals surface area contributed by atoms with Gasteiger partial charge in [0.25, 0.3) is 0 Å². The molecule has 19 heavy (non-hydrogen) atoms. The average Bonchev–Trinajstić information content (AvgIpc) is 2.39. The Labute approximate surface area is 115 Å². The van der Waals surface area contributed by atoms with E-state index in [1.54, 1.807) is 0 Å². The molecule has 0 aliphatic rings. The molecule has 2 nitrogen and oxygen atoms in total. The van der Waals surface area contributed by atoms with E-state index in [0.29, 0.717) is 0 Å². The summed E-state index contributed by atoms with van der Waals surface area (Å²) in [6.07, 6.45) is 2.11. The van der Waals surface area contributed by atoms with Crippen LogP contribution in [0.3, 0.4) is 0 Å². The molecular formula is C17H21N2+. The van der Waals surface area contributed by atoms with Crippen molar-refractivity contribution in [3.63, 3.8) is 0 Å². The van der Waals surface area contributed by atoms with Gasteiger partial charge < -0.3 is 4.90 Å². The van der Waals surface area contributed by atoms with Crippen LogP contribution in [0.5, 0.6) is 0 Å². The van der Waals surface area contributed by atoms with Crippen LogP contribution in [0.4, 0.5) is 5.69 Å². The van der Waals surface area contributed by atoms with Gasteiger partial charge in [0.2, 0.25) is 0 Å². The first-order chi connectivity index (χ1) is 9.06. The Morgan fingerprint density at radius 3 is 1.68 bits per heavy atom. The van der Waals surface area contributed by atoms with Gasteiger partial charge in [0, 0.05) is 25.3 Å². The van der Waals surface area contributed by atoms with E-state index in [1.165, 1.54) is 22.4 Å². The Bertz CT molecular complexity index is 559. The summed E-state index contributed by atoms with van der Waals surface area (Å²) in [6, 6.07) is 17.3. The molecule has 0 saturated carbocycles. The lowest BCUT2D eigenvalue weighted by Crippen LogP contribution is -2.07. The van der Waals surface area contributed by atoms with E-state index >= 15 is 0 Å². The molecule has 2 aromatic carbocycles. The largest absolute Gasteiger partial charge is 0.378 e. The molecule has 0 aromatic heterocycles. The van der Waals surface area contributed by atoms with Crippen LogP contribution in [-0.2, 0) is 0 Å². The van der Waals surface area contributed by atoms with Gasteiger partial charge >= 0.3 is 0 Å². The predicted octanol–water partition coefficient (Wildman–Crippen LogP) is 3.11. The summed E-state index contributed by atoms with van der Waals surface area (Å²) in [5.74, 6) is 0. The Morgan fingerprint density at radius 1 is 0.789 bits per heavy atom. The zero-order valence-electron chi connectivity index (χ0n) is 12.1. The minimum Gasteiger partial charge on any atom is -0.378 e. The molecule has 0 N–H and O–H groups in total. The highest BCUT2D eigenvalue weighted by molar-refractivity contribution is 5.77. The maximum absolute atomic E-state index is 2.17. The monoisotopic (exact) mass is 253 g/mol. The second-order valence-corrected chi connectivity index (χ2v) is 5.16. The summed E-state index contributed by atoms with van der Waals surface area (Å²) >= 11 is 0. The van der Waals surface area contributed by atoms with Gasteiger partial charge in [-0.05, 0) is 35.4 Å². The van der Waals surface area contributed by atoms with E-state index in [0.717, 1.165) is 0 Å². The van der Waals surface area contributed by atoms with Gasteiger partial charge in [0.05, 0.1) is 0 Å². The zero-order valence-corrected chi connectivity index (χ0v) is 12.1. The first-order valence-electron chi connectivity index (χ1n) is 6.45. The lowest BCUT2D eigenvalue weighted by atomic mass is 10.0. The quantitative estimate of drug-likeness (QED) is 0.602. The third kappa shape index (κ3) is 3.44. The van der Waals surface area contributed by atoms with Crippen molar-refractivity contribution in [3.8, 4) is 11.1 Å². The standard InChI is InChI=1S/C17H21N2/c1-18(2)13-14-5-7-15(8-6-14)16-9-11-17(12-10-16)19(3)4/h5-13H,1-4H3/q+1. The fraction of sp³-hybridized carbons (Fsp3) is 0.235. The molecule has 2 aromatic rings. The first kappa shape index (κ1) is 13.3. The predicted molar refractivity (Wildman–Crippen MR) is 83.5 cm³/mol. The Morgan fingerprint density at radius 2 is 1.26 bits per heavy atom. The molecule has 0 atom stereocenters. The molecule has 0 bridgehead atoms. The number of hydrogen-bond donors (Lipinski definition) is 0. The maximum atomic E-state index is 2.17. The van der Waals surface area contributed by atoms with Crippen LogP contribution in [0.1, 0.15) is 5.56 Å². The topological polar surface area (TPSA) is 6.25 Å². The maximum Gasteiger partial charge on any atom is 0.170 e. The molecule has 0 heterocycles. The normalized spacial score (nSPS) is 10.1. The van der Waals surface area contributed by atoms with Gasteiger partial charge in [-0.25, -0.2) is 4.58 Å². The lowest BCUT2D eigenvalue weighted by Gasteiger charge is -2.12. The SMILES string of the molecule is CN(C)c1ccc(-c2ccc(C=[N+](C)C)cc2)cc1. The van der Waals surface area contributed by atoms with Gasteiger partial charge in [-0.2, -0.15) is 0 Å². The van der Waals surface area contributed by atoms with Crippen molar-refractivity contribution in [2.75, 3.05) is 33.1 Å². The van der Waals surface area contributed by atoms with Crippen LogP contribution in [0.2, 0.25) is 0 Å². The summed E-state index contributed by atoms with van der Waals surface area (Å²) in [5.41, 5.74) is 4.95. The van der Waals surface area contributed by atoms with Crippen LogP contribution in [0.25, 0.3) is 11.1 Å². The summed E-state index contributed by atoms with van der Waals surface area (Å²) in [6.45, 7) is 0. The van der Waals surface area contributed by atoms with Crippen molar-refractivity contribution in [2.45, 2.75) is 0 Å². The first-order valence-corrected chi connectivity index (χ1v) is 6.45. The molecule has 0 spiro atoms. The third-order valence-corrected chi connectivity index (χ3v) is 3.03. The molecule has 98 valence electrons. The Balaban J connectivity index is 2.24. The highest BCUT2D eigenvalue weighted by Crippen LogP contribution is 2.22. The number of nitrogens with zero attached hydrogens (tertiary/aromatic N) is 2. The molecule has 0 aliphatic heterocycles. The van der Waals surface area contributed by atoms with E-state index in [-0.39, 0.29) is 0 Å². The van der Waals surface area contributed by atoms with E-state index in [2.05, 4.69) is 78.3 Å². The van der Waals surface area contributed by atoms with Gasteiger partial charge in [-0.15, -0.1) is 0 Å². The van der Waals surface area contributed by atoms with Crippen molar-refractivity contribution in [1.82, 2.24) is 0 Å². The van der Waals surface area contributed by atoms with Gasteiger partial charge in [0.15, 0.2) is 6.21 Å². The van der Waals surface area contributed by atoms with E-state index < -0.39 is 0 Å². The number of rotatable bonds is 3. The lowest BCUT2D eigenvalue weighted by molar-refractivity contribution is -0.458. The van der Waals surface area contributed by atoms with Crippen molar-refractivity contribution in [3.05, 3.63) is 54.1 Å². The van der Waals surface area contributed by atoms with Crippen molar-refractivity contribution in [1.29, 1.82) is 0 Å². The molecule has 0 radical (unpaired) electrons. The highest BCUT2D eigenvalue weighted by atomic mass is 15.1. The van der Waals surface area contributed by atoms with Crippen LogP contribution in [-0.4, -0.2) is 39.0 Å². The van der Waals surface area contributed by atoms with Gasteiger partial charge in [-0.3, -0.25) is 0 Å². The Kier molecular flexibility index (Phi) is 4.00. The second-order valence-electron chi connectivity index (χ2n) is 5.16. The molecule has 0 amide bonds. The fourth-order valence-electron chi connectivity index (χ4n) is 2.01. The van der Waals surface area contributed by atoms with Crippen molar-refractivity contribution >= 4 is 11.9 Å². The molecule has 0 saturated heterocycles. The molecule has 0 fully saturated rings. The summed E-state index contributed by atoms with van der Waals surface area (Å²) < 4.78 is 2.06. The zero-order chi connectivity index (χ0) is 13.8. The Hall–Kier alpha value is -2.09. The van der Waals surface area contributed by atoms with Crippen molar-refractivity contribution < 1.29 is 4.58 Å². The van der Waals surface area contributed by atoms with E-state index in [9.17, 15) is 0 Å². The minimum atomic E-state index is 1.22. The van der Waals surface area contributed by atoms with E-state index in [1.807, 2.05) is 14.1 Å². The molecule has 2 rings (SSSR count). The average molecular weight is 253 g/mol. The van der Waals surface area contributed by atoms with Gasteiger partial charge in [-0.1, -0.05) is 24.3 Å². The molecule has 0 unspecified atom stereocenters. The minimum absolute atomic E-state index is 1.22. The van der Waals surface area contributed by atoms with E-state index in [4.69, 9.17) is 0 Å². The smallest absolute Gasteiger partial charge is 0.170 e. The number of benzene rings is 2. The molecule has 2 heteroatoms. The summed E-state index contributed by atoms with van der Waals surface area (Å²) in [5, 5.41) is 0. The number of anilines is 1. The highest BCUT2D eigenvalue weighted by Gasteiger charge is 2.00. The van der Waals surface area contributed by atoms with Crippen LogP contribution in [0.15, 0.2) is 48.5 Å². The number of hydrogen-bond acceptors (Lipinski definition) is 1. The molecule has 0 aliphatic carbocycles. The summed E-state index contributed by atoms with van der Waals surface area (Å²) in [7, 11) is 8.18. The van der Waals surface area contributed by atoms with Gasteiger partial charge in [0.1, 0.15) is 14.1 Å². The van der Waals surface area contributed by atoms with Crippen LogP contribution >= 0.6 is 0 Å². The second kappa shape index (κ2) is 5.70. The third-order valence-electron chi connectivity index (χ3n) is 3.03.